The fraction of sp³-hybridized carbons (Fsp3) is 0.217. The van der Waals surface area contributed by atoms with Crippen molar-refractivity contribution < 1.29 is 4.79 Å². The Bertz CT molecular complexity index is 1370. The molecule has 0 aliphatic heterocycles. The van der Waals surface area contributed by atoms with Crippen molar-refractivity contribution in [2.45, 2.75) is 26.3 Å². The van der Waals surface area contributed by atoms with Gasteiger partial charge in [0, 0.05) is 12.1 Å². The van der Waals surface area contributed by atoms with Gasteiger partial charge in [-0.2, -0.15) is 0 Å². The van der Waals surface area contributed by atoms with E-state index in [4.69, 9.17) is 5.73 Å². The Balaban J connectivity index is 1.80. The van der Waals surface area contributed by atoms with Gasteiger partial charge in [-0.3, -0.25) is 19.1 Å². The SMILES string of the molecule is CCCCN(C(=O)c1ccc2ncsc2c1)c1c(N)n(Cc2ccccc2)c(=O)[nH]c1=O. The molecule has 0 radical (unpaired) electrons. The van der Waals surface area contributed by atoms with Gasteiger partial charge in [0.05, 0.1) is 22.3 Å². The molecule has 0 fully saturated rings. The molecule has 3 N–H and O–H groups in total. The average molecular weight is 450 g/mol. The molecule has 2 heterocycles. The summed E-state index contributed by atoms with van der Waals surface area (Å²) in [6.45, 7) is 2.47. The Morgan fingerprint density at radius 2 is 1.97 bits per heavy atom. The van der Waals surface area contributed by atoms with E-state index >= 15 is 0 Å². The predicted octanol–water partition coefficient (Wildman–Crippen LogP) is 3.22. The van der Waals surface area contributed by atoms with E-state index in [1.807, 2.05) is 37.3 Å². The molecule has 0 atom stereocenters. The van der Waals surface area contributed by atoms with Crippen LogP contribution in [0.5, 0.6) is 0 Å². The van der Waals surface area contributed by atoms with Crippen LogP contribution in [0.1, 0.15) is 35.7 Å². The van der Waals surface area contributed by atoms with Crippen molar-refractivity contribution >= 4 is 39.0 Å². The number of unbranched alkanes of at least 4 members (excludes halogenated alkanes) is 1. The number of nitrogens with one attached hydrogen (secondary N) is 1. The molecular weight excluding hydrogens is 426 g/mol. The molecule has 0 saturated carbocycles. The van der Waals surface area contributed by atoms with Gasteiger partial charge in [-0.25, -0.2) is 9.78 Å². The number of nitrogen functional groups attached to an aromatic ring is 1. The van der Waals surface area contributed by atoms with Crippen molar-refractivity contribution in [3.8, 4) is 0 Å². The van der Waals surface area contributed by atoms with Crippen LogP contribution in [-0.4, -0.2) is 27.0 Å². The largest absolute Gasteiger partial charge is 0.383 e. The molecule has 164 valence electrons. The van der Waals surface area contributed by atoms with Gasteiger partial charge in [0.15, 0.2) is 5.69 Å². The van der Waals surface area contributed by atoms with Gasteiger partial charge in [0.25, 0.3) is 11.5 Å². The maximum atomic E-state index is 13.5. The van der Waals surface area contributed by atoms with Crippen LogP contribution in [-0.2, 0) is 6.54 Å². The highest BCUT2D eigenvalue weighted by molar-refractivity contribution is 7.16. The average Bonchev–Trinajstić information content (AvgIpc) is 3.27. The molecule has 4 rings (SSSR count). The van der Waals surface area contributed by atoms with Crippen molar-refractivity contribution in [3.05, 3.63) is 86.0 Å². The van der Waals surface area contributed by atoms with Gasteiger partial charge in [0.1, 0.15) is 5.82 Å². The molecule has 32 heavy (non-hydrogen) atoms. The van der Waals surface area contributed by atoms with E-state index in [-0.39, 0.29) is 24.0 Å². The highest BCUT2D eigenvalue weighted by Gasteiger charge is 2.25. The number of benzene rings is 2. The third-order valence-electron chi connectivity index (χ3n) is 5.23. The second kappa shape index (κ2) is 9.19. The molecular formula is C23H23N5O3S. The fourth-order valence-electron chi connectivity index (χ4n) is 3.54. The maximum Gasteiger partial charge on any atom is 0.330 e. The lowest BCUT2D eigenvalue weighted by molar-refractivity contribution is 0.0986. The number of carbonyl (C=O) groups excluding carboxylic acids is 1. The van der Waals surface area contributed by atoms with Gasteiger partial charge in [0.2, 0.25) is 0 Å². The number of thiazole rings is 1. The Kier molecular flexibility index (Phi) is 6.18. The van der Waals surface area contributed by atoms with Gasteiger partial charge in [-0.05, 0) is 30.2 Å². The first kappa shape index (κ1) is 21.5. The summed E-state index contributed by atoms with van der Waals surface area (Å²) < 4.78 is 2.16. The van der Waals surface area contributed by atoms with Crippen LogP contribution in [0.15, 0.2) is 63.6 Å². The quantitative estimate of drug-likeness (QED) is 0.450. The van der Waals surface area contributed by atoms with Crippen LogP contribution >= 0.6 is 11.3 Å². The first-order chi connectivity index (χ1) is 15.5. The van der Waals surface area contributed by atoms with Crippen molar-refractivity contribution in [3.63, 3.8) is 0 Å². The van der Waals surface area contributed by atoms with E-state index in [9.17, 15) is 14.4 Å². The van der Waals surface area contributed by atoms with E-state index in [1.165, 1.54) is 20.8 Å². The summed E-state index contributed by atoms with van der Waals surface area (Å²) >= 11 is 1.44. The van der Waals surface area contributed by atoms with Crippen LogP contribution in [0.2, 0.25) is 0 Å². The van der Waals surface area contributed by atoms with Crippen molar-refractivity contribution in [2.75, 3.05) is 17.2 Å². The first-order valence-corrected chi connectivity index (χ1v) is 11.2. The lowest BCUT2D eigenvalue weighted by Crippen LogP contribution is -2.41. The van der Waals surface area contributed by atoms with Crippen LogP contribution in [0.25, 0.3) is 10.2 Å². The van der Waals surface area contributed by atoms with E-state index in [2.05, 4.69) is 9.97 Å². The van der Waals surface area contributed by atoms with Crippen molar-refractivity contribution in [2.24, 2.45) is 0 Å². The zero-order valence-electron chi connectivity index (χ0n) is 17.6. The number of nitrogens with two attached hydrogens (primary N) is 1. The molecule has 0 unspecified atom stereocenters. The Labute approximate surface area is 188 Å². The summed E-state index contributed by atoms with van der Waals surface area (Å²) in [5.74, 6) is -0.387. The molecule has 9 heteroatoms. The highest BCUT2D eigenvalue weighted by atomic mass is 32.1. The summed E-state index contributed by atoms with van der Waals surface area (Å²) in [5.41, 5.74) is 8.83. The lowest BCUT2D eigenvalue weighted by Gasteiger charge is -2.24. The van der Waals surface area contributed by atoms with Crippen LogP contribution in [0.3, 0.4) is 0 Å². The van der Waals surface area contributed by atoms with Gasteiger partial charge < -0.3 is 10.6 Å². The number of aromatic nitrogens is 3. The molecule has 4 aromatic rings. The standard InChI is InChI=1S/C23H23N5O3S/c1-2-3-11-27(22(30)16-9-10-17-18(12-16)32-14-25-17)19-20(24)28(23(31)26-21(19)29)13-15-7-5-4-6-8-15/h4-10,12,14H,2-3,11,13,24H2,1H3,(H,26,29,31). The number of aromatic amines is 1. The Morgan fingerprint density at radius 3 is 2.72 bits per heavy atom. The van der Waals surface area contributed by atoms with Gasteiger partial charge in [-0.1, -0.05) is 43.7 Å². The summed E-state index contributed by atoms with van der Waals surface area (Å²) in [4.78, 5) is 46.8. The molecule has 0 aliphatic carbocycles. The normalized spacial score (nSPS) is 11.0. The number of hydrogen-bond donors (Lipinski definition) is 2. The third kappa shape index (κ3) is 4.19. The Hall–Kier alpha value is -3.72. The highest BCUT2D eigenvalue weighted by Crippen LogP contribution is 2.24. The van der Waals surface area contributed by atoms with Gasteiger partial charge in [-0.15, -0.1) is 11.3 Å². The number of hydrogen-bond acceptors (Lipinski definition) is 6. The maximum absolute atomic E-state index is 13.5. The third-order valence-corrected chi connectivity index (χ3v) is 6.02. The number of fused-ring (bicyclic) bond motifs is 1. The molecule has 0 aliphatic rings. The number of amides is 1. The number of nitrogens with zero attached hydrogens (tertiary/aromatic N) is 3. The zero-order valence-corrected chi connectivity index (χ0v) is 18.4. The monoisotopic (exact) mass is 449 g/mol. The number of rotatable bonds is 7. The summed E-state index contributed by atoms with van der Waals surface area (Å²) in [6.07, 6.45) is 1.49. The van der Waals surface area contributed by atoms with Crippen LogP contribution in [0.4, 0.5) is 11.5 Å². The minimum absolute atomic E-state index is 0.0108. The minimum atomic E-state index is -0.680. The Morgan fingerprint density at radius 1 is 1.19 bits per heavy atom. The summed E-state index contributed by atoms with van der Waals surface area (Å²) in [5, 5.41) is 0. The second-order valence-corrected chi connectivity index (χ2v) is 8.30. The molecule has 0 saturated heterocycles. The molecule has 8 nitrogen and oxygen atoms in total. The van der Waals surface area contributed by atoms with E-state index in [0.29, 0.717) is 18.5 Å². The molecule has 2 aromatic heterocycles. The number of H-pyrrole nitrogens is 1. The summed E-state index contributed by atoms with van der Waals surface area (Å²) in [7, 11) is 0. The number of carbonyl (C=O) groups is 1. The topological polar surface area (TPSA) is 114 Å². The van der Waals surface area contributed by atoms with Crippen LogP contribution < -0.4 is 21.9 Å². The molecule has 0 spiro atoms. The van der Waals surface area contributed by atoms with E-state index in [1.54, 1.807) is 23.7 Å². The van der Waals surface area contributed by atoms with E-state index < -0.39 is 11.2 Å². The van der Waals surface area contributed by atoms with Crippen molar-refractivity contribution in [1.29, 1.82) is 0 Å². The fourth-order valence-corrected chi connectivity index (χ4v) is 4.25. The lowest BCUT2D eigenvalue weighted by atomic mass is 10.1. The molecule has 1 amide bonds. The minimum Gasteiger partial charge on any atom is -0.383 e. The summed E-state index contributed by atoms with van der Waals surface area (Å²) in [6, 6.07) is 14.5. The van der Waals surface area contributed by atoms with Gasteiger partial charge >= 0.3 is 5.69 Å². The molecule has 2 aromatic carbocycles. The first-order valence-electron chi connectivity index (χ1n) is 10.3. The smallest absolute Gasteiger partial charge is 0.330 e. The predicted molar refractivity (Wildman–Crippen MR) is 127 cm³/mol. The number of anilines is 2. The van der Waals surface area contributed by atoms with Crippen LogP contribution in [0, 0.1) is 0 Å². The van der Waals surface area contributed by atoms with E-state index in [0.717, 1.165) is 22.2 Å². The second-order valence-electron chi connectivity index (χ2n) is 7.41. The zero-order chi connectivity index (χ0) is 22.7. The van der Waals surface area contributed by atoms with Crippen molar-refractivity contribution in [1.82, 2.24) is 14.5 Å². The molecule has 0 bridgehead atoms.